The van der Waals surface area contributed by atoms with Crippen LogP contribution in [0.5, 0.6) is 5.75 Å². The molecule has 0 amide bonds. The molecule has 0 aromatic heterocycles. The fourth-order valence-electron chi connectivity index (χ4n) is 1.40. The van der Waals surface area contributed by atoms with Gasteiger partial charge in [-0.2, -0.15) is 11.8 Å². The van der Waals surface area contributed by atoms with Gasteiger partial charge in [0.15, 0.2) is 0 Å². The van der Waals surface area contributed by atoms with Gasteiger partial charge in [-0.1, -0.05) is 18.2 Å². The first-order chi connectivity index (χ1) is 6.75. The summed E-state index contributed by atoms with van der Waals surface area (Å²) in [5.41, 5.74) is 2.46. The van der Waals surface area contributed by atoms with Gasteiger partial charge in [-0.15, -0.1) is 0 Å². The Morgan fingerprint density at radius 1 is 1.21 bits per heavy atom. The summed E-state index contributed by atoms with van der Waals surface area (Å²) in [6, 6.07) is 6.26. The van der Waals surface area contributed by atoms with Gasteiger partial charge < -0.3 is 4.74 Å². The summed E-state index contributed by atoms with van der Waals surface area (Å²) in [5, 5.41) is 0. The summed E-state index contributed by atoms with van der Waals surface area (Å²) in [7, 11) is 0. The standard InChI is InChI=1S/C12H18OS/c1-10-6-4-7-11(2)12(10)13-8-5-9-14-3/h4,6-7H,5,8-9H2,1-3H3. The summed E-state index contributed by atoms with van der Waals surface area (Å²) in [6.07, 6.45) is 3.24. The molecule has 0 aliphatic carbocycles. The van der Waals surface area contributed by atoms with Crippen LogP contribution in [-0.2, 0) is 0 Å². The van der Waals surface area contributed by atoms with Crippen molar-refractivity contribution in [3.05, 3.63) is 29.3 Å². The maximum Gasteiger partial charge on any atom is 0.125 e. The monoisotopic (exact) mass is 210 g/mol. The Kier molecular flexibility index (Phi) is 4.88. The lowest BCUT2D eigenvalue weighted by molar-refractivity contribution is 0.314. The first-order valence-electron chi connectivity index (χ1n) is 4.93. The SMILES string of the molecule is CSCCCOc1c(C)cccc1C. The van der Waals surface area contributed by atoms with Gasteiger partial charge in [-0.3, -0.25) is 0 Å². The van der Waals surface area contributed by atoms with Crippen LogP contribution >= 0.6 is 11.8 Å². The number of benzene rings is 1. The first-order valence-corrected chi connectivity index (χ1v) is 6.33. The largest absolute Gasteiger partial charge is 0.493 e. The van der Waals surface area contributed by atoms with Crippen molar-refractivity contribution in [2.45, 2.75) is 20.3 Å². The lowest BCUT2D eigenvalue weighted by Crippen LogP contribution is -2.01. The van der Waals surface area contributed by atoms with Gasteiger partial charge in [-0.05, 0) is 43.4 Å². The van der Waals surface area contributed by atoms with Crippen LogP contribution in [0.4, 0.5) is 0 Å². The highest BCUT2D eigenvalue weighted by Crippen LogP contribution is 2.22. The van der Waals surface area contributed by atoms with Gasteiger partial charge in [0.05, 0.1) is 6.61 Å². The van der Waals surface area contributed by atoms with Crippen molar-refractivity contribution in [3.63, 3.8) is 0 Å². The number of hydrogen-bond donors (Lipinski definition) is 0. The van der Waals surface area contributed by atoms with Gasteiger partial charge in [0.1, 0.15) is 5.75 Å². The third-order valence-corrected chi connectivity index (χ3v) is 2.84. The van der Waals surface area contributed by atoms with Crippen molar-refractivity contribution in [1.29, 1.82) is 0 Å². The molecule has 0 aliphatic heterocycles. The molecule has 1 nitrogen and oxygen atoms in total. The number of rotatable bonds is 5. The molecule has 0 heterocycles. The Hall–Kier alpha value is -0.630. The van der Waals surface area contributed by atoms with Gasteiger partial charge in [-0.25, -0.2) is 0 Å². The zero-order chi connectivity index (χ0) is 10.4. The van der Waals surface area contributed by atoms with Crippen molar-refractivity contribution in [2.75, 3.05) is 18.6 Å². The molecule has 0 N–H and O–H groups in total. The van der Waals surface area contributed by atoms with E-state index >= 15 is 0 Å². The second-order valence-corrected chi connectivity index (χ2v) is 4.40. The normalized spacial score (nSPS) is 10.2. The van der Waals surface area contributed by atoms with Crippen molar-refractivity contribution >= 4 is 11.8 Å². The molecule has 0 bridgehead atoms. The van der Waals surface area contributed by atoms with Crippen LogP contribution in [0.1, 0.15) is 17.5 Å². The molecule has 0 saturated heterocycles. The summed E-state index contributed by atoms with van der Waals surface area (Å²) in [4.78, 5) is 0. The Morgan fingerprint density at radius 3 is 2.43 bits per heavy atom. The van der Waals surface area contributed by atoms with E-state index in [1.54, 1.807) is 0 Å². The second kappa shape index (κ2) is 5.97. The highest BCUT2D eigenvalue weighted by atomic mass is 32.2. The van der Waals surface area contributed by atoms with E-state index in [1.165, 1.54) is 16.9 Å². The maximum absolute atomic E-state index is 5.76. The fourth-order valence-corrected chi connectivity index (χ4v) is 1.81. The summed E-state index contributed by atoms with van der Waals surface area (Å²) < 4.78 is 5.76. The average molecular weight is 210 g/mol. The molecule has 0 aliphatic rings. The summed E-state index contributed by atoms with van der Waals surface area (Å²) in [6.45, 7) is 5.01. The van der Waals surface area contributed by atoms with E-state index in [-0.39, 0.29) is 0 Å². The van der Waals surface area contributed by atoms with E-state index in [1.807, 2.05) is 11.8 Å². The molecular formula is C12H18OS. The van der Waals surface area contributed by atoms with Gasteiger partial charge in [0, 0.05) is 0 Å². The smallest absolute Gasteiger partial charge is 0.125 e. The quantitative estimate of drug-likeness (QED) is 0.689. The molecule has 0 fully saturated rings. The minimum absolute atomic E-state index is 0.826. The molecule has 1 rings (SSSR count). The van der Waals surface area contributed by atoms with Crippen LogP contribution in [0.25, 0.3) is 0 Å². The van der Waals surface area contributed by atoms with Crippen molar-refractivity contribution in [2.24, 2.45) is 0 Å². The molecule has 0 atom stereocenters. The van der Waals surface area contributed by atoms with Crippen molar-refractivity contribution in [3.8, 4) is 5.75 Å². The molecule has 1 aromatic rings. The predicted octanol–water partition coefficient (Wildman–Crippen LogP) is 3.44. The van der Waals surface area contributed by atoms with E-state index < -0.39 is 0 Å². The molecule has 0 radical (unpaired) electrons. The molecule has 1 aromatic carbocycles. The Balaban J connectivity index is 2.49. The second-order valence-electron chi connectivity index (χ2n) is 3.42. The van der Waals surface area contributed by atoms with Crippen LogP contribution in [-0.4, -0.2) is 18.6 Å². The van der Waals surface area contributed by atoms with Gasteiger partial charge in [0.2, 0.25) is 0 Å². The molecule has 78 valence electrons. The molecule has 0 unspecified atom stereocenters. The number of thioether (sulfide) groups is 1. The number of aryl methyl sites for hydroxylation is 2. The number of para-hydroxylation sites is 1. The highest BCUT2D eigenvalue weighted by molar-refractivity contribution is 7.98. The van der Waals surface area contributed by atoms with E-state index in [9.17, 15) is 0 Å². The lowest BCUT2D eigenvalue weighted by atomic mass is 10.1. The predicted molar refractivity (Wildman–Crippen MR) is 64.4 cm³/mol. The summed E-state index contributed by atoms with van der Waals surface area (Å²) >= 11 is 1.87. The first kappa shape index (κ1) is 11.4. The van der Waals surface area contributed by atoms with E-state index in [0.717, 1.165) is 18.8 Å². The third-order valence-electron chi connectivity index (χ3n) is 2.15. The van der Waals surface area contributed by atoms with Gasteiger partial charge >= 0.3 is 0 Å². The van der Waals surface area contributed by atoms with E-state index in [2.05, 4.69) is 38.3 Å². The zero-order valence-electron chi connectivity index (χ0n) is 9.17. The van der Waals surface area contributed by atoms with E-state index in [4.69, 9.17) is 4.74 Å². The molecule has 14 heavy (non-hydrogen) atoms. The minimum Gasteiger partial charge on any atom is -0.493 e. The fraction of sp³-hybridized carbons (Fsp3) is 0.500. The van der Waals surface area contributed by atoms with Crippen LogP contribution in [0, 0.1) is 13.8 Å². The van der Waals surface area contributed by atoms with E-state index in [0.29, 0.717) is 0 Å². The zero-order valence-corrected chi connectivity index (χ0v) is 9.99. The maximum atomic E-state index is 5.76. The van der Waals surface area contributed by atoms with Crippen LogP contribution in [0.15, 0.2) is 18.2 Å². The number of hydrogen-bond acceptors (Lipinski definition) is 2. The molecule has 2 heteroatoms. The summed E-state index contributed by atoms with van der Waals surface area (Å²) in [5.74, 6) is 2.24. The Bertz CT molecular complexity index is 263. The molecule has 0 spiro atoms. The lowest BCUT2D eigenvalue weighted by Gasteiger charge is -2.11. The van der Waals surface area contributed by atoms with Crippen molar-refractivity contribution < 1.29 is 4.74 Å². The number of ether oxygens (including phenoxy) is 1. The third kappa shape index (κ3) is 3.26. The Labute approximate surface area is 90.9 Å². The van der Waals surface area contributed by atoms with Crippen LogP contribution in [0.3, 0.4) is 0 Å². The molecular weight excluding hydrogens is 192 g/mol. The Morgan fingerprint density at radius 2 is 1.86 bits per heavy atom. The van der Waals surface area contributed by atoms with Crippen LogP contribution < -0.4 is 4.74 Å². The van der Waals surface area contributed by atoms with Crippen LogP contribution in [0.2, 0.25) is 0 Å². The van der Waals surface area contributed by atoms with Gasteiger partial charge in [0.25, 0.3) is 0 Å². The minimum atomic E-state index is 0.826. The van der Waals surface area contributed by atoms with Crippen molar-refractivity contribution in [1.82, 2.24) is 0 Å². The molecule has 0 saturated carbocycles. The topological polar surface area (TPSA) is 9.23 Å². The average Bonchev–Trinajstić information content (AvgIpc) is 2.16. The highest BCUT2D eigenvalue weighted by Gasteiger charge is 2.01.